The minimum absolute atomic E-state index is 0.789. The van der Waals surface area contributed by atoms with E-state index in [2.05, 4.69) is 49.2 Å². The highest BCUT2D eigenvalue weighted by molar-refractivity contribution is 5.54. The van der Waals surface area contributed by atoms with Crippen molar-refractivity contribution in [3.8, 4) is 0 Å². The van der Waals surface area contributed by atoms with Crippen molar-refractivity contribution in [2.75, 3.05) is 18.0 Å². The zero-order valence-electron chi connectivity index (χ0n) is 12.7. The van der Waals surface area contributed by atoms with Crippen LogP contribution in [-0.2, 0) is 6.54 Å². The Morgan fingerprint density at radius 3 is 2.63 bits per heavy atom. The third kappa shape index (κ3) is 4.24. The van der Waals surface area contributed by atoms with Crippen LogP contribution < -0.4 is 10.2 Å². The molecule has 0 bridgehead atoms. The number of benzene rings is 1. The molecule has 0 radical (unpaired) electrons. The van der Waals surface area contributed by atoms with Gasteiger partial charge in [-0.25, -0.2) is 0 Å². The number of rotatable bonds is 8. The molecule has 0 saturated heterocycles. The summed E-state index contributed by atoms with van der Waals surface area (Å²) >= 11 is 0. The van der Waals surface area contributed by atoms with Gasteiger partial charge in [-0.05, 0) is 50.3 Å². The lowest BCUT2D eigenvalue weighted by Crippen LogP contribution is -2.24. The number of anilines is 1. The molecule has 106 valence electrons. The van der Waals surface area contributed by atoms with Gasteiger partial charge in [0.25, 0.3) is 0 Å². The quantitative estimate of drug-likeness (QED) is 0.763. The number of unbranched alkanes of at least 4 members (excludes halogenated alkanes) is 1. The standard InChI is InChI=1S/C17H28N2/c1-4-6-11-19(5-2)17-10-7-15(12-14(17)3)13-18-16-8-9-16/h7,10,12,16,18H,4-6,8-9,11,13H2,1-3H3. The molecule has 19 heavy (non-hydrogen) atoms. The minimum atomic E-state index is 0.789. The van der Waals surface area contributed by atoms with Gasteiger partial charge < -0.3 is 10.2 Å². The van der Waals surface area contributed by atoms with Crippen molar-refractivity contribution in [1.82, 2.24) is 5.32 Å². The van der Waals surface area contributed by atoms with E-state index in [0.29, 0.717) is 0 Å². The summed E-state index contributed by atoms with van der Waals surface area (Å²) in [5.41, 5.74) is 4.24. The summed E-state index contributed by atoms with van der Waals surface area (Å²) in [4.78, 5) is 2.50. The van der Waals surface area contributed by atoms with Gasteiger partial charge in [-0.15, -0.1) is 0 Å². The summed E-state index contributed by atoms with van der Waals surface area (Å²) in [5, 5.41) is 3.58. The Balaban J connectivity index is 1.99. The summed E-state index contributed by atoms with van der Waals surface area (Å²) in [6, 6.07) is 7.72. The van der Waals surface area contributed by atoms with Crippen LogP contribution in [0.1, 0.15) is 50.7 Å². The largest absolute Gasteiger partial charge is 0.372 e. The molecule has 1 aromatic rings. The van der Waals surface area contributed by atoms with Gasteiger partial charge in [-0.3, -0.25) is 0 Å². The predicted octanol–water partition coefficient (Wildman–Crippen LogP) is 3.87. The lowest BCUT2D eigenvalue weighted by Gasteiger charge is -2.25. The van der Waals surface area contributed by atoms with E-state index >= 15 is 0 Å². The average Bonchev–Trinajstić information content (AvgIpc) is 3.23. The zero-order valence-corrected chi connectivity index (χ0v) is 12.7. The fourth-order valence-corrected chi connectivity index (χ4v) is 2.53. The fourth-order valence-electron chi connectivity index (χ4n) is 2.53. The van der Waals surface area contributed by atoms with Gasteiger partial charge in [0.2, 0.25) is 0 Å². The Kier molecular flexibility index (Phi) is 5.26. The number of nitrogens with one attached hydrogen (secondary N) is 1. The molecule has 0 aromatic heterocycles. The number of hydrogen-bond donors (Lipinski definition) is 1. The lowest BCUT2D eigenvalue weighted by molar-refractivity contribution is 0.686. The van der Waals surface area contributed by atoms with Crippen LogP contribution in [0.15, 0.2) is 18.2 Å². The van der Waals surface area contributed by atoms with Gasteiger partial charge in [0, 0.05) is 31.4 Å². The Bertz CT molecular complexity index is 396. The molecule has 0 heterocycles. The first-order chi connectivity index (χ1) is 9.24. The van der Waals surface area contributed by atoms with Crippen molar-refractivity contribution >= 4 is 5.69 Å². The van der Waals surface area contributed by atoms with Crippen LogP contribution in [0, 0.1) is 6.92 Å². The molecule has 1 aliphatic carbocycles. The molecular weight excluding hydrogens is 232 g/mol. The molecular formula is C17H28N2. The van der Waals surface area contributed by atoms with Crippen molar-refractivity contribution in [2.24, 2.45) is 0 Å². The third-order valence-corrected chi connectivity index (χ3v) is 3.94. The number of aryl methyl sites for hydroxylation is 1. The molecule has 1 aliphatic rings. The van der Waals surface area contributed by atoms with Crippen LogP contribution in [0.3, 0.4) is 0 Å². The normalized spacial score (nSPS) is 14.7. The second kappa shape index (κ2) is 6.95. The van der Waals surface area contributed by atoms with E-state index < -0.39 is 0 Å². The van der Waals surface area contributed by atoms with Gasteiger partial charge in [0.05, 0.1) is 0 Å². The summed E-state index contributed by atoms with van der Waals surface area (Å²) in [6.07, 6.45) is 5.26. The molecule has 1 aromatic carbocycles. The van der Waals surface area contributed by atoms with E-state index in [4.69, 9.17) is 0 Å². The molecule has 2 rings (SSSR count). The molecule has 2 heteroatoms. The molecule has 0 atom stereocenters. The van der Waals surface area contributed by atoms with E-state index in [9.17, 15) is 0 Å². The van der Waals surface area contributed by atoms with Crippen LogP contribution in [0.4, 0.5) is 5.69 Å². The summed E-state index contributed by atoms with van der Waals surface area (Å²) in [6.45, 7) is 10.0. The highest BCUT2D eigenvalue weighted by atomic mass is 15.1. The van der Waals surface area contributed by atoms with Crippen molar-refractivity contribution in [2.45, 2.75) is 59.0 Å². The number of hydrogen-bond acceptors (Lipinski definition) is 2. The maximum atomic E-state index is 3.58. The molecule has 1 fully saturated rings. The SMILES string of the molecule is CCCCN(CC)c1ccc(CNC2CC2)cc1C. The topological polar surface area (TPSA) is 15.3 Å². The highest BCUT2D eigenvalue weighted by Crippen LogP contribution is 2.23. The Hall–Kier alpha value is -1.02. The van der Waals surface area contributed by atoms with Gasteiger partial charge in [-0.1, -0.05) is 25.5 Å². The van der Waals surface area contributed by atoms with Gasteiger partial charge in [0.15, 0.2) is 0 Å². The molecule has 0 unspecified atom stereocenters. The zero-order chi connectivity index (χ0) is 13.7. The van der Waals surface area contributed by atoms with Crippen LogP contribution in [-0.4, -0.2) is 19.1 Å². The Labute approximate surface area is 118 Å². The van der Waals surface area contributed by atoms with Crippen molar-refractivity contribution < 1.29 is 0 Å². The van der Waals surface area contributed by atoms with E-state index in [0.717, 1.165) is 19.1 Å². The van der Waals surface area contributed by atoms with Crippen LogP contribution in [0.25, 0.3) is 0 Å². The maximum Gasteiger partial charge on any atom is 0.0396 e. The van der Waals surface area contributed by atoms with Crippen LogP contribution in [0.2, 0.25) is 0 Å². The van der Waals surface area contributed by atoms with Gasteiger partial charge >= 0.3 is 0 Å². The molecule has 0 spiro atoms. The predicted molar refractivity (Wildman–Crippen MR) is 83.8 cm³/mol. The molecule has 0 amide bonds. The maximum absolute atomic E-state index is 3.58. The van der Waals surface area contributed by atoms with Crippen molar-refractivity contribution in [1.29, 1.82) is 0 Å². The van der Waals surface area contributed by atoms with Crippen molar-refractivity contribution in [3.05, 3.63) is 29.3 Å². The van der Waals surface area contributed by atoms with Crippen LogP contribution >= 0.6 is 0 Å². The summed E-state index contributed by atoms with van der Waals surface area (Å²) in [7, 11) is 0. The molecule has 2 nitrogen and oxygen atoms in total. The Morgan fingerprint density at radius 1 is 1.26 bits per heavy atom. The monoisotopic (exact) mass is 260 g/mol. The van der Waals surface area contributed by atoms with E-state index in [1.54, 1.807) is 0 Å². The first-order valence-electron chi connectivity index (χ1n) is 7.82. The fraction of sp³-hybridized carbons (Fsp3) is 0.647. The second-order valence-corrected chi connectivity index (χ2v) is 5.71. The molecule has 0 aliphatic heterocycles. The van der Waals surface area contributed by atoms with Gasteiger partial charge in [-0.2, -0.15) is 0 Å². The average molecular weight is 260 g/mol. The summed E-state index contributed by atoms with van der Waals surface area (Å²) < 4.78 is 0. The van der Waals surface area contributed by atoms with E-state index in [1.807, 2.05) is 0 Å². The lowest BCUT2D eigenvalue weighted by atomic mass is 10.1. The van der Waals surface area contributed by atoms with Gasteiger partial charge in [0.1, 0.15) is 0 Å². The number of nitrogens with zero attached hydrogens (tertiary/aromatic N) is 1. The van der Waals surface area contributed by atoms with E-state index in [-0.39, 0.29) is 0 Å². The minimum Gasteiger partial charge on any atom is -0.372 e. The van der Waals surface area contributed by atoms with E-state index in [1.165, 1.54) is 49.0 Å². The van der Waals surface area contributed by atoms with Crippen molar-refractivity contribution in [3.63, 3.8) is 0 Å². The highest BCUT2D eigenvalue weighted by Gasteiger charge is 2.20. The van der Waals surface area contributed by atoms with Crippen LogP contribution in [0.5, 0.6) is 0 Å². The first-order valence-corrected chi connectivity index (χ1v) is 7.82. The third-order valence-electron chi connectivity index (χ3n) is 3.94. The Morgan fingerprint density at radius 2 is 2.05 bits per heavy atom. The smallest absolute Gasteiger partial charge is 0.0396 e. The second-order valence-electron chi connectivity index (χ2n) is 5.71. The summed E-state index contributed by atoms with van der Waals surface area (Å²) in [5.74, 6) is 0. The first kappa shape index (κ1) is 14.4. The molecule has 1 saturated carbocycles. The molecule has 1 N–H and O–H groups in total.